The third kappa shape index (κ3) is 5.44. The first-order chi connectivity index (χ1) is 12.4. The van der Waals surface area contributed by atoms with Gasteiger partial charge in [-0.1, -0.05) is 0 Å². The van der Waals surface area contributed by atoms with Crippen molar-refractivity contribution in [2.24, 2.45) is 0 Å². The molecule has 0 radical (unpaired) electrons. The zero-order chi connectivity index (χ0) is 19.1. The fraction of sp³-hybridized carbons (Fsp3) is 0.167. The van der Waals surface area contributed by atoms with E-state index in [1.165, 1.54) is 12.1 Å². The summed E-state index contributed by atoms with van der Waals surface area (Å²) in [7, 11) is 0. The largest absolute Gasteiger partial charge is 0.457 e. The second-order valence-corrected chi connectivity index (χ2v) is 5.22. The molecule has 26 heavy (non-hydrogen) atoms. The van der Waals surface area contributed by atoms with E-state index in [-0.39, 0.29) is 24.1 Å². The van der Waals surface area contributed by atoms with Crippen LogP contribution in [0.4, 0.5) is 13.2 Å². The van der Waals surface area contributed by atoms with Crippen LogP contribution in [0.2, 0.25) is 0 Å². The summed E-state index contributed by atoms with van der Waals surface area (Å²) in [6.07, 6.45) is -0.245. The van der Waals surface area contributed by atoms with Gasteiger partial charge in [-0.3, -0.25) is 14.4 Å². The van der Waals surface area contributed by atoms with E-state index in [0.717, 1.165) is 24.3 Å². The van der Waals surface area contributed by atoms with E-state index in [2.05, 4.69) is 5.32 Å². The standard InChI is InChI=1S/C18H14F3NO4/c19-12-3-1-11(2-4-12)16(23)10-26-17(24)7-8-22-18(25)14-6-5-13(20)9-15(14)21/h1-6,9H,7-8,10H2,(H,22,25). The quantitative estimate of drug-likeness (QED) is 0.605. The van der Waals surface area contributed by atoms with Gasteiger partial charge in [0.15, 0.2) is 12.4 Å². The van der Waals surface area contributed by atoms with E-state index in [9.17, 15) is 27.6 Å². The van der Waals surface area contributed by atoms with Crippen LogP contribution in [0, 0.1) is 17.5 Å². The average molecular weight is 365 g/mol. The molecule has 0 atom stereocenters. The lowest BCUT2D eigenvalue weighted by molar-refractivity contribution is -0.142. The van der Waals surface area contributed by atoms with Gasteiger partial charge in [-0.05, 0) is 36.4 Å². The van der Waals surface area contributed by atoms with Crippen LogP contribution in [0.1, 0.15) is 27.1 Å². The monoisotopic (exact) mass is 365 g/mol. The molecule has 1 amide bonds. The Hall–Kier alpha value is -3.16. The molecule has 136 valence electrons. The molecule has 0 bridgehead atoms. The number of halogens is 3. The minimum Gasteiger partial charge on any atom is -0.457 e. The summed E-state index contributed by atoms with van der Waals surface area (Å²) >= 11 is 0. The first-order valence-corrected chi connectivity index (χ1v) is 7.54. The SMILES string of the molecule is O=C(CCNC(=O)c1ccc(F)cc1F)OCC(=O)c1ccc(F)cc1. The van der Waals surface area contributed by atoms with Gasteiger partial charge in [-0.2, -0.15) is 0 Å². The summed E-state index contributed by atoms with van der Waals surface area (Å²) in [6, 6.07) is 7.25. The highest BCUT2D eigenvalue weighted by Crippen LogP contribution is 2.09. The molecule has 2 rings (SSSR count). The third-order valence-electron chi connectivity index (χ3n) is 3.32. The Labute approximate surface area is 146 Å². The van der Waals surface area contributed by atoms with Gasteiger partial charge in [-0.25, -0.2) is 13.2 Å². The second-order valence-electron chi connectivity index (χ2n) is 5.22. The third-order valence-corrected chi connectivity index (χ3v) is 3.32. The molecule has 0 saturated heterocycles. The Morgan fingerprint density at radius 1 is 0.923 bits per heavy atom. The van der Waals surface area contributed by atoms with E-state index in [0.29, 0.717) is 6.07 Å². The van der Waals surface area contributed by atoms with E-state index in [1.807, 2.05) is 0 Å². The van der Waals surface area contributed by atoms with Crippen molar-refractivity contribution >= 4 is 17.7 Å². The second kappa shape index (κ2) is 8.80. The van der Waals surface area contributed by atoms with Crippen molar-refractivity contribution in [2.45, 2.75) is 6.42 Å². The number of Topliss-reactive ketones (excluding diaryl/α,β-unsaturated/α-hetero) is 1. The fourth-order valence-electron chi connectivity index (χ4n) is 1.98. The lowest BCUT2D eigenvalue weighted by Crippen LogP contribution is -2.27. The number of esters is 1. The number of carbonyl (C=O) groups excluding carboxylic acids is 3. The summed E-state index contributed by atoms with van der Waals surface area (Å²) < 4.78 is 43.7. The fourth-order valence-corrected chi connectivity index (χ4v) is 1.98. The highest BCUT2D eigenvalue weighted by molar-refractivity contribution is 5.98. The first kappa shape index (κ1) is 19.2. The van der Waals surface area contributed by atoms with Crippen LogP contribution in [-0.2, 0) is 9.53 Å². The molecule has 1 N–H and O–H groups in total. The molecular formula is C18H14F3NO4. The predicted molar refractivity (Wildman–Crippen MR) is 85.0 cm³/mol. The molecular weight excluding hydrogens is 351 g/mol. The number of carbonyl (C=O) groups is 3. The van der Waals surface area contributed by atoms with Gasteiger partial charge < -0.3 is 10.1 Å². The number of ketones is 1. The molecule has 0 spiro atoms. The first-order valence-electron chi connectivity index (χ1n) is 7.54. The highest BCUT2D eigenvalue weighted by Gasteiger charge is 2.14. The van der Waals surface area contributed by atoms with Crippen LogP contribution >= 0.6 is 0 Å². The van der Waals surface area contributed by atoms with Crippen molar-refractivity contribution < 1.29 is 32.3 Å². The molecule has 5 nitrogen and oxygen atoms in total. The number of hydrogen-bond acceptors (Lipinski definition) is 4. The van der Waals surface area contributed by atoms with Crippen LogP contribution in [0.25, 0.3) is 0 Å². The minimum atomic E-state index is -1.02. The van der Waals surface area contributed by atoms with Gasteiger partial charge in [0, 0.05) is 18.2 Å². The van der Waals surface area contributed by atoms with Crippen LogP contribution in [0.3, 0.4) is 0 Å². The molecule has 0 saturated carbocycles. The Kier molecular flexibility index (Phi) is 6.48. The normalized spacial score (nSPS) is 10.3. The lowest BCUT2D eigenvalue weighted by Gasteiger charge is -2.07. The summed E-state index contributed by atoms with van der Waals surface area (Å²) in [6.45, 7) is -0.676. The number of benzene rings is 2. The van der Waals surface area contributed by atoms with E-state index >= 15 is 0 Å². The number of nitrogens with one attached hydrogen (secondary N) is 1. The molecule has 0 heterocycles. The summed E-state index contributed by atoms with van der Waals surface area (Å²) in [5, 5.41) is 2.29. The van der Waals surface area contributed by atoms with E-state index in [4.69, 9.17) is 4.74 Å². The lowest BCUT2D eigenvalue weighted by atomic mass is 10.1. The maximum Gasteiger partial charge on any atom is 0.308 e. The number of amides is 1. The smallest absolute Gasteiger partial charge is 0.308 e. The predicted octanol–water partition coefficient (Wildman–Crippen LogP) is 2.65. The Balaban J connectivity index is 1.74. The van der Waals surface area contributed by atoms with Crippen molar-refractivity contribution in [2.75, 3.05) is 13.2 Å². The van der Waals surface area contributed by atoms with Gasteiger partial charge in [0.05, 0.1) is 12.0 Å². The van der Waals surface area contributed by atoms with Crippen molar-refractivity contribution in [1.82, 2.24) is 5.32 Å². The van der Waals surface area contributed by atoms with Crippen LogP contribution in [-0.4, -0.2) is 30.8 Å². The minimum absolute atomic E-state index is 0.154. The van der Waals surface area contributed by atoms with Gasteiger partial charge in [0.25, 0.3) is 5.91 Å². The van der Waals surface area contributed by atoms with E-state index < -0.39 is 41.7 Å². The Bertz CT molecular complexity index is 822. The zero-order valence-electron chi connectivity index (χ0n) is 13.4. The molecule has 0 aliphatic rings. The van der Waals surface area contributed by atoms with Gasteiger partial charge >= 0.3 is 5.97 Å². The maximum atomic E-state index is 13.4. The van der Waals surface area contributed by atoms with Gasteiger partial charge in [0.1, 0.15) is 17.5 Å². The van der Waals surface area contributed by atoms with Gasteiger partial charge in [-0.15, -0.1) is 0 Å². The van der Waals surface area contributed by atoms with Crippen molar-refractivity contribution in [3.05, 3.63) is 71.0 Å². The van der Waals surface area contributed by atoms with Crippen LogP contribution in [0.15, 0.2) is 42.5 Å². The molecule has 8 heteroatoms. The number of ether oxygens (including phenoxy) is 1. The van der Waals surface area contributed by atoms with Gasteiger partial charge in [0.2, 0.25) is 0 Å². The van der Waals surface area contributed by atoms with Crippen LogP contribution in [0.5, 0.6) is 0 Å². The topological polar surface area (TPSA) is 72.5 Å². The molecule has 0 aromatic heterocycles. The van der Waals surface area contributed by atoms with E-state index in [1.54, 1.807) is 0 Å². The molecule has 0 unspecified atom stereocenters. The Morgan fingerprint density at radius 2 is 1.58 bits per heavy atom. The summed E-state index contributed by atoms with van der Waals surface area (Å²) in [4.78, 5) is 35.0. The van der Waals surface area contributed by atoms with Crippen molar-refractivity contribution in [1.29, 1.82) is 0 Å². The Morgan fingerprint density at radius 3 is 2.23 bits per heavy atom. The zero-order valence-corrected chi connectivity index (χ0v) is 13.4. The van der Waals surface area contributed by atoms with Crippen molar-refractivity contribution in [3.8, 4) is 0 Å². The number of hydrogen-bond donors (Lipinski definition) is 1. The highest BCUT2D eigenvalue weighted by atomic mass is 19.1. The molecule has 0 aliphatic heterocycles. The molecule has 0 fully saturated rings. The molecule has 2 aromatic carbocycles. The molecule has 0 aliphatic carbocycles. The van der Waals surface area contributed by atoms with Crippen LogP contribution < -0.4 is 5.32 Å². The summed E-state index contributed by atoms with van der Waals surface area (Å²) in [5.74, 6) is -4.39. The number of rotatable bonds is 7. The van der Waals surface area contributed by atoms with Crippen molar-refractivity contribution in [3.63, 3.8) is 0 Å². The summed E-state index contributed by atoms with van der Waals surface area (Å²) in [5.41, 5.74) is -0.162. The molecule has 2 aromatic rings. The average Bonchev–Trinajstić information content (AvgIpc) is 2.60. The maximum absolute atomic E-state index is 13.4.